The van der Waals surface area contributed by atoms with Crippen molar-refractivity contribution in [2.75, 3.05) is 5.75 Å². The molecule has 0 spiro atoms. The highest BCUT2D eigenvalue weighted by molar-refractivity contribution is 8.62. The molecule has 13 aromatic rings. The SMILES string of the molecule is O=P(SCCCCCCn1c2ccc(-c3cccc(-n4c5ccccc5c5ccccc54)c3)cc2c2cc(-c3cccc(-n4c5ccccc5c5ccccc54)c3)ccc21)(c1ccccc1)c1ccccc1. The molecule has 3 heterocycles. The highest BCUT2D eigenvalue weighted by Crippen LogP contribution is 2.56. The lowest BCUT2D eigenvalue weighted by Crippen LogP contribution is -2.13. The summed E-state index contributed by atoms with van der Waals surface area (Å²) in [6, 6.07) is 87.2. The zero-order chi connectivity index (χ0) is 48.0. The highest BCUT2D eigenvalue weighted by Gasteiger charge is 2.27. The first kappa shape index (κ1) is 44.1. The Balaban J connectivity index is 0.839. The van der Waals surface area contributed by atoms with Gasteiger partial charge in [-0.3, -0.25) is 0 Å². The standard InChI is InChI=1S/C66H52N3OPS/c70-71(53-25-5-3-6-26-53,54-27-7-4-8-28-54)72-42-18-2-1-17-41-67-61-39-37-49(47-21-19-23-51(43-47)68-63-33-13-9-29-55(63)56-30-10-14-34-64(56)68)45-59(61)60-46-50(38-40-62(60)67)48-22-20-24-52(44-48)69-65-35-15-11-31-57(65)58-32-12-16-36-66(58)69/h3-16,19-40,43-46H,1-2,17-18,41-42H2. The molecule has 0 unspecified atom stereocenters. The number of aryl methyl sites for hydroxylation is 1. The van der Waals surface area contributed by atoms with Crippen molar-refractivity contribution < 1.29 is 4.57 Å². The van der Waals surface area contributed by atoms with Crippen LogP contribution in [-0.2, 0) is 11.1 Å². The van der Waals surface area contributed by atoms with Crippen LogP contribution in [0.2, 0.25) is 0 Å². The predicted octanol–water partition coefficient (Wildman–Crippen LogP) is 17.5. The van der Waals surface area contributed by atoms with Gasteiger partial charge in [-0.1, -0.05) is 194 Å². The quantitative estimate of drug-likeness (QED) is 0.0803. The van der Waals surface area contributed by atoms with Crippen molar-refractivity contribution in [3.63, 3.8) is 0 Å². The van der Waals surface area contributed by atoms with E-state index in [0.29, 0.717) is 0 Å². The molecule has 0 saturated carbocycles. The molecular formula is C66H52N3OPS. The van der Waals surface area contributed by atoms with Gasteiger partial charge in [0.15, 0.2) is 6.34 Å². The summed E-state index contributed by atoms with van der Waals surface area (Å²) in [6.45, 7) is 0.922. The van der Waals surface area contributed by atoms with E-state index >= 15 is 0 Å². The van der Waals surface area contributed by atoms with Crippen molar-refractivity contribution in [3.8, 4) is 33.6 Å². The number of rotatable bonds is 14. The Hall–Kier alpha value is -7.82. The molecule has 0 radical (unpaired) electrons. The Morgan fingerprint density at radius 3 is 1.15 bits per heavy atom. The minimum Gasteiger partial charge on any atom is -0.340 e. The lowest BCUT2D eigenvalue weighted by molar-refractivity contribution is 0.595. The summed E-state index contributed by atoms with van der Waals surface area (Å²) in [5, 5.41) is 9.43. The van der Waals surface area contributed by atoms with Gasteiger partial charge in [0.25, 0.3) is 0 Å². The number of nitrogens with zero attached hydrogens (tertiary/aromatic N) is 3. The van der Waals surface area contributed by atoms with Gasteiger partial charge in [-0.25, -0.2) is 0 Å². The first-order valence-corrected chi connectivity index (χ1v) is 28.5. The molecule has 0 amide bonds. The molecule has 4 nitrogen and oxygen atoms in total. The molecular weight excluding hydrogens is 914 g/mol. The number of fused-ring (bicyclic) bond motifs is 9. The Labute approximate surface area is 423 Å². The minimum absolute atomic E-state index is 0.859. The average Bonchev–Trinajstić information content (AvgIpc) is 4.08. The van der Waals surface area contributed by atoms with Crippen molar-refractivity contribution in [2.45, 2.75) is 32.2 Å². The van der Waals surface area contributed by atoms with Crippen LogP contribution >= 0.6 is 17.7 Å². The monoisotopic (exact) mass is 965 g/mol. The Bertz CT molecular complexity index is 3820. The maximum Gasteiger partial charge on any atom is 0.195 e. The lowest BCUT2D eigenvalue weighted by Gasteiger charge is -2.18. The zero-order valence-corrected chi connectivity index (χ0v) is 41.7. The van der Waals surface area contributed by atoms with Crippen LogP contribution in [0.5, 0.6) is 0 Å². The molecule has 3 aromatic heterocycles. The van der Waals surface area contributed by atoms with E-state index < -0.39 is 6.34 Å². The number of unbranched alkanes of at least 4 members (excludes halogenated alkanes) is 3. The first-order valence-electron chi connectivity index (χ1n) is 25.2. The molecule has 0 bridgehead atoms. The lowest BCUT2D eigenvalue weighted by atomic mass is 9.99. The fourth-order valence-corrected chi connectivity index (χ4v) is 16.3. The van der Waals surface area contributed by atoms with E-state index in [-0.39, 0.29) is 0 Å². The van der Waals surface area contributed by atoms with E-state index in [1.807, 2.05) is 60.7 Å². The summed E-state index contributed by atoms with van der Waals surface area (Å²) in [5.41, 5.74) is 14.4. The molecule has 0 aliphatic rings. The van der Waals surface area contributed by atoms with Crippen LogP contribution in [0.15, 0.2) is 243 Å². The molecule has 0 fully saturated rings. The van der Waals surface area contributed by atoms with Gasteiger partial charge in [-0.15, -0.1) is 0 Å². The summed E-state index contributed by atoms with van der Waals surface area (Å²) in [5.74, 6) is 0.859. The van der Waals surface area contributed by atoms with E-state index in [2.05, 4.69) is 196 Å². The van der Waals surface area contributed by atoms with Gasteiger partial charge in [0.1, 0.15) is 0 Å². The molecule has 348 valence electrons. The van der Waals surface area contributed by atoms with Gasteiger partial charge < -0.3 is 18.3 Å². The van der Waals surface area contributed by atoms with Gasteiger partial charge in [-0.2, -0.15) is 0 Å². The largest absolute Gasteiger partial charge is 0.340 e. The molecule has 0 N–H and O–H groups in total. The van der Waals surface area contributed by atoms with E-state index in [9.17, 15) is 4.57 Å². The second-order valence-electron chi connectivity index (χ2n) is 18.9. The van der Waals surface area contributed by atoms with E-state index in [4.69, 9.17) is 0 Å². The van der Waals surface area contributed by atoms with E-state index in [1.54, 1.807) is 11.4 Å². The average molecular weight is 966 g/mol. The predicted molar refractivity (Wildman–Crippen MR) is 310 cm³/mol. The minimum atomic E-state index is -2.79. The van der Waals surface area contributed by atoms with Crippen LogP contribution in [0.4, 0.5) is 0 Å². The molecule has 0 aliphatic carbocycles. The van der Waals surface area contributed by atoms with Gasteiger partial charge in [0, 0.05) is 77.6 Å². The Morgan fingerprint density at radius 2 is 0.708 bits per heavy atom. The fraction of sp³-hybridized carbons (Fsp3) is 0.0909. The first-order chi connectivity index (χ1) is 35.6. The molecule has 72 heavy (non-hydrogen) atoms. The molecule has 0 saturated heterocycles. The number of para-hydroxylation sites is 4. The molecule has 13 rings (SSSR count). The smallest absolute Gasteiger partial charge is 0.195 e. The van der Waals surface area contributed by atoms with Crippen molar-refractivity contribution >= 4 is 93.8 Å². The van der Waals surface area contributed by atoms with Gasteiger partial charge >= 0.3 is 0 Å². The van der Waals surface area contributed by atoms with Crippen molar-refractivity contribution in [2.24, 2.45) is 0 Å². The highest BCUT2D eigenvalue weighted by atomic mass is 32.7. The van der Waals surface area contributed by atoms with Crippen LogP contribution in [-0.4, -0.2) is 19.5 Å². The number of aromatic nitrogens is 3. The van der Waals surface area contributed by atoms with Gasteiger partial charge in [0.2, 0.25) is 0 Å². The topological polar surface area (TPSA) is 31.9 Å². The molecule has 0 atom stereocenters. The number of hydrogen-bond donors (Lipinski definition) is 0. The normalized spacial score (nSPS) is 12.1. The van der Waals surface area contributed by atoms with E-state index in [0.717, 1.165) is 60.0 Å². The molecule has 6 heteroatoms. The van der Waals surface area contributed by atoms with Crippen molar-refractivity contribution in [3.05, 3.63) is 243 Å². The fourth-order valence-electron chi connectivity index (χ4n) is 11.2. The third kappa shape index (κ3) is 7.76. The van der Waals surface area contributed by atoms with E-state index in [1.165, 1.54) is 87.7 Å². The maximum atomic E-state index is 14.6. The van der Waals surface area contributed by atoms with Crippen LogP contribution in [0.1, 0.15) is 25.7 Å². The van der Waals surface area contributed by atoms with Gasteiger partial charge in [0.05, 0.1) is 22.1 Å². The van der Waals surface area contributed by atoms with Crippen molar-refractivity contribution in [1.29, 1.82) is 0 Å². The molecule has 0 aliphatic heterocycles. The van der Waals surface area contributed by atoms with Crippen LogP contribution in [0.25, 0.3) is 99.0 Å². The Morgan fingerprint density at radius 1 is 0.319 bits per heavy atom. The second-order valence-corrected chi connectivity index (χ2v) is 24.0. The molecule has 10 aromatic carbocycles. The third-order valence-corrected chi connectivity index (χ3v) is 20.3. The Kier molecular flexibility index (Phi) is 11.5. The van der Waals surface area contributed by atoms with Crippen LogP contribution in [0, 0.1) is 0 Å². The summed E-state index contributed by atoms with van der Waals surface area (Å²) >= 11 is 1.64. The van der Waals surface area contributed by atoms with Gasteiger partial charge in [-0.05, 0) is 108 Å². The second kappa shape index (κ2) is 18.7. The summed E-state index contributed by atoms with van der Waals surface area (Å²) < 4.78 is 22.0. The number of benzene rings is 10. The summed E-state index contributed by atoms with van der Waals surface area (Å²) in [7, 11) is 0. The third-order valence-electron chi connectivity index (χ3n) is 14.6. The van der Waals surface area contributed by atoms with Crippen molar-refractivity contribution in [1.82, 2.24) is 13.7 Å². The number of hydrogen-bond acceptors (Lipinski definition) is 2. The zero-order valence-electron chi connectivity index (χ0n) is 39.9. The van der Waals surface area contributed by atoms with Crippen LogP contribution in [0.3, 0.4) is 0 Å². The summed E-state index contributed by atoms with van der Waals surface area (Å²) in [4.78, 5) is 0. The maximum absolute atomic E-state index is 14.6. The summed E-state index contributed by atoms with van der Waals surface area (Å²) in [6.07, 6.45) is 1.49. The van der Waals surface area contributed by atoms with Crippen LogP contribution < -0.4 is 10.6 Å².